The Morgan fingerprint density at radius 2 is 1.74 bits per heavy atom. The number of nitrogens with one attached hydrogen (secondary N) is 1. The molecule has 0 bridgehead atoms. The van der Waals surface area contributed by atoms with Crippen LogP contribution in [0.15, 0.2) is 53.9 Å². The van der Waals surface area contributed by atoms with Gasteiger partial charge in [-0.15, -0.1) is 11.3 Å². The summed E-state index contributed by atoms with van der Waals surface area (Å²) in [6, 6.07) is 16.8. The van der Waals surface area contributed by atoms with Gasteiger partial charge in [-0.2, -0.15) is 0 Å². The van der Waals surface area contributed by atoms with E-state index in [0.717, 1.165) is 0 Å². The van der Waals surface area contributed by atoms with Crippen LogP contribution in [0.3, 0.4) is 0 Å². The molecule has 19 heavy (non-hydrogen) atoms. The fourth-order valence-electron chi connectivity index (χ4n) is 2.48. The molecular formula is C16H16N2S. The maximum absolute atomic E-state index is 5.81. The Labute approximate surface area is 116 Å². The fourth-order valence-corrected chi connectivity index (χ4v) is 3.47. The first kappa shape index (κ1) is 12.4. The van der Waals surface area contributed by atoms with E-state index in [0.29, 0.717) is 0 Å². The van der Waals surface area contributed by atoms with E-state index in [1.54, 1.807) is 11.3 Å². The molecule has 2 aromatic carbocycles. The lowest BCUT2D eigenvalue weighted by molar-refractivity contribution is 0.639. The molecule has 1 unspecified atom stereocenters. The molecule has 96 valence electrons. The molecule has 1 atom stereocenters. The minimum absolute atomic E-state index is 0.0392. The fraction of sp³-hybridized carbons (Fsp3) is 0.125. The van der Waals surface area contributed by atoms with Crippen molar-refractivity contribution in [1.82, 2.24) is 5.43 Å². The zero-order valence-electron chi connectivity index (χ0n) is 10.8. The molecule has 0 amide bonds. The molecule has 0 saturated heterocycles. The van der Waals surface area contributed by atoms with Crippen molar-refractivity contribution < 1.29 is 0 Å². The molecule has 0 saturated carbocycles. The van der Waals surface area contributed by atoms with Crippen LogP contribution in [0.1, 0.15) is 22.7 Å². The number of fused-ring (bicyclic) bond motifs is 1. The predicted molar refractivity (Wildman–Crippen MR) is 82.2 cm³/mol. The van der Waals surface area contributed by atoms with Gasteiger partial charge in [0.2, 0.25) is 0 Å². The van der Waals surface area contributed by atoms with Crippen LogP contribution < -0.4 is 11.3 Å². The number of hydrogen-bond donors (Lipinski definition) is 2. The Morgan fingerprint density at radius 1 is 1.00 bits per heavy atom. The van der Waals surface area contributed by atoms with E-state index in [2.05, 4.69) is 66.3 Å². The third-order valence-corrected chi connectivity index (χ3v) is 4.47. The summed E-state index contributed by atoms with van der Waals surface area (Å²) in [7, 11) is 0. The second-order valence-electron chi connectivity index (χ2n) is 4.64. The van der Waals surface area contributed by atoms with Gasteiger partial charge in [0.15, 0.2) is 0 Å². The van der Waals surface area contributed by atoms with Crippen molar-refractivity contribution >= 4 is 21.4 Å². The summed E-state index contributed by atoms with van der Waals surface area (Å²) in [4.78, 5) is 0. The van der Waals surface area contributed by atoms with Gasteiger partial charge in [0.05, 0.1) is 6.04 Å². The van der Waals surface area contributed by atoms with Crippen LogP contribution in [0, 0.1) is 6.92 Å². The summed E-state index contributed by atoms with van der Waals surface area (Å²) in [5.74, 6) is 5.81. The lowest BCUT2D eigenvalue weighted by atomic mass is 9.95. The summed E-state index contributed by atoms with van der Waals surface area (Å²) in [6.45, 7) is 2.12. The zero-order chi connectivity index (χ0) is 13.2. The average molecular weight is 268 g/mol. The number of hydrazine groups is 1. The summed E-state index contributed by atoms with van der Waals surface area (Å²) < 4.78 is 1.30. The van der Waals surface area contributed by atoms with Crippen LogP contribution >= 0.6 is 11.3 Å². The largest absolute Gasteiger partial charge is 0.271 e. The highest BCUT2D eigenvalue weighted by molar-refractivity contribution is 7.17. The highest BCUT2D eigenvalue weighted by Crippen LogP contribution is 2.33. The monoisotopic (exact) mass is 268 g/mol. The van der Waals surface area contributed by atoms with E-state index in [-0.39, 0.29) is 6.04 Å². The number of nitrogens with two attached hydrogens (primary N) is 1. The summed E-state index contributed by atoms with van der Waals surface area (Å²) in [5.41, 5.74) is 6.69. The molecular weight excluding hydrogens is 252 g/mol. The molecule has 0 radical (unpaired) electrons. The van der Waals surface area contributed by atoms with Crippen LogP contribution in [0.2, 0.25) is 0 Å². The van der Waals surface area contributed by atoms with Gasteiger partial charge in [-0.25, -0.2) is 5.43 Å². The van der Waals surface area contributed by atoms with E-state index >= 15 is 0 Å². The van der Waals surface area contributed by atoms with Gasteiger partial charge in [0.25, 0.3) is 0 Å². The van der Waals surface area contributed by atoms with Gasteiger partial charge in [-0.05, 0) is 40.4 Å². The molecule has 1 aromatic heterocycles. The predicted octanol–water partition coefficient (Wildman–Crippen LogP) is 3.76. The van der Waals surface area contributed by atoms with Crippen LogP contribution in [0.25, 0.3) is 10.1 Å². The first-order valence-electron chi connectivity index (χ1n) is 6.29. The molecule has 0 aliphatic rings. The Morgan fingerprint density at radius 3 is 2.53 bits per heavy atom. The summed E-state index contributed by atoms with van der Waals surface area (Å²) >= 11 is 1.76. The van der Waals surface area contributed by atoms with E-state index < -0.39 is 0 Å². The Balaban J connectivity index is 2.15. The molecule has 0 aliphatic carbocycles. The molecule has 0 aliphatic heterocycles. The smallest absolute Gasteiger partial charge is 0.0726 e. The highest BCUT2D eigenvalue weighted by Gasteiger charge is 2.17. The standard InChI is InChI=1S/C16H16N2S/c1-11-6-2-3-7-12(11)16(18-17)14-10-19-15-9-5-4-8-13(14)15/h2-10,16,18H,17H2,1H3. The molecule has 3 N–H and O–H groups in total. The lowest BCUT2D eigenvalue weighted by Gasteiger charge is -2.18. The van der Waals surface area contributed by atoms with Crippen molar-refractivity contribution in [3.8, 4) is 0 Å². The number of benzene rings is 2. The number of hydrogen-bond acceptors (Lipinski definition) is 3. The molecule has 0 fully saturated rings. The van der Waals surface area contributed by atoms with Crippen LogP contribution in [-0.2, 0) is 0 Å². The lowest BCUT2D eigenvalue weighted by Crippen LogP contribution is -2.29. The third-order valence-electron chi connectivity index (χ3n) is 3.49. The van der Waals surface area contributed by atoms with Gasteiger partial charge in [-0.3, -0.25) is 5.84 Å². The van der Waals surface area contributed by atoms with Gasteiger partial charge < -0.3 is 0 Å². The molecule has 2 nitrogen and oxygen atoms in total. The maximum Gasteiger partial charge on any atom is 0.0726 e. The molecule has 3 heteroatoms. The van der Waals surface area contributed by atoms with Crippen molar-refractivity contribution in [3.63, 3.8) is 0 Å². The molecule has 3 aromatic rings. The quantitative estimate of drug-likeness (QED) is 0.560. The van der Waals surface area contributed by atoms with Gasteiger partial charge in [0, 0.05) is 4.70 Å². The van der Waals surface area contributed by atoms with E-state index in [1.165, 1.54) is 26.8 Å². The summed E-state index contributed by atoms with van der Waals surface area (Å²) in [6.07, 6.45) is 0. The minimum Gasteiger partial charge on any atom is -0.271 e. The van der Waals surface area contributed by atoms with E-state index in [1.807, 2.05) is 0 Å². The Bertz CT molecular complexity index is 703. The van der Waals surface area contributed by atoms with Crippen molar-refractivity contribution in [1.29, 1.82) is 0 Å². The number of thiophene rings is 1. The minimum atomic E-state index is 0.0392. The van der Waals surface area contributed by atoms with Crippen LogP contribution in [0.5, 0.6) is 0 Å². The zero-order valence-corrected chi connectivity index (χ0v) is 11.6. The third kappa shape index (κ3) is 2.16. The Kier molecular flexibility index (Phi) is 3.34. The Hall–Kier alpha value is -1.68. The van der Waals surface area contributed by atoms with Crippen molar-refractivity contribution in [2.24, 2.45) is 5.84 Å². The second-order valence-corrected chi connectivity index (χ2v) is 5.55. The average Bonchev–Trinajstić information content (AvgIpc) is 2.86. The first-order chi connectivity index (χ1) is 9.31. The number of aryl methyl sites for hydroxylation is 1. The van der Waals surface area contributed by atoms with Gasteiger partial charge in [-0.1, -0.05) is 42.5 Å². The second kappa shape index (κ2) is 5.13. The van der Waals surface area contributed by atoms with Crippen molar-refractivity contribution in [3.05, 3.63) is 70.6 Å². The van der Waals surface area contributed by atoms with Gasteiger partial charge >= 0.3 is 0 Å². The van der Waals surface area contributed by atoms with Crippen molar-refractivity contribution in [2.75, 3.05) is 0 Å². The highest BCUT2D eigenvalue weighted by atomic mass is 32.1. The SMILES string of the molecule is Cc1ccccc1C(NN)c1csc2ccccc12. The van der Waals surface area contributed by atoms with Crippen LogP contribution in [-0.4, -0.2) is 0 Å². The first-order valence-corrected chi connectivity index (χ1v) is 7.17. The normalized spacial score (nSPS) is 12.7. The molecule has 0 spiro atoms. The molecule has 1 heterocycles. The van der Waals surface area contributed by atoms with Crippen molar-refractivity contribution in [2.45, 2.75) is 13.0 Å². The number of rotatable bonds is 3. The summed E-state index contributed by atoms with van der Waals surface area (Å²) in [5, 5.41) is 3.47. The molecule has 3 rings (SSSR count). The van der Waals surface area contributed by atoms with E-state index in [4.69, 9.17) is 5.84 Å². The maximum atomic E-state index is 5.81. The van der Waals surface area contributed by atoms with Gasteiger partial charge in [0.1, 0.15) is 0 Å². The van der Waals surface area contributed by atoms with E-state index in [9.17, 15) is 0 Å². The van der Waals surface area contributed by atoms with Crippen LogP contribution in [0.4, 0.5) is 0 Å². The topological polar surface area (TPSA) is 38.0 Å².